The van der Waals surface area contributed by atoms with Crippen molar-refractivity contribution in [2.45, 2.75) is 19.5 Å². The van der Waals surface area contributed by atoms with Crippen LogP contribution in [-0.4, -0.2) is 31.7 Å². The average molecular weight is 359 g/mol. The van der Waals surface area contributed by atoms with Crippen LogP contribution in [0.5, 0.6) is 0 Å². The number of rotatable bonds is 6. The topological polar surface area (TPSA) is 60.0 Å². The zero-order chi connectivity index (χ0) is 18.6. The molecule has 4 rings (SSSR count). The van der Waals surface area contributed by atoms with Gasteiger partial charge in [-0.3, -0.25) is 4.90 Å². The number of aromatic nitrogens is 4. The van der Waals surface area contributed by atoms with Crippen molar-refractivity contribution in [2.75, 3.05) is 7.05 Å². The van der Waals surface area contributed by atoms with Crippen LogP contribution in [0.3, 0.4) is 0 Å². The maximum absolute atomic E-state index is 5.92. The van der Waals surface area contributed by atoms with Crippen molar-refractivity contribution in [3.8, 4) is 17.0 Å². The zero-order valence-corrected chi connectivity index (χ0v) is 15.4. The highest BCUT2D eigenvalue weighted by Gasteiger charge is 2.15. The summed E-state index contributed by atoms with van der Waals surface area (Å²) in [5.74, 6) is 1.51. The minimum absolute atomic E-state index is 0.224. The molecule has 2 aromatic heterocycles. The van der Waals surface area contributed by atoms with Gasteiger partial charge in [-0.2, -0.15) is 5.10 Å². The van der Waals surface area contributed by atoms with Crippen LogP contribution < -0.4 is 0 Å². The van der Waals surface area contributed by atoms with Crippen molar-refractivity contribution in [2.24, 2.45) is 0 Å². The Morgan fingerprint density at radius 1 is 1.07 bits per heavy atom. The van der Waals surface area contributed by atoms with E-state index in [4.69, 9.17) is 4.42 Å². The van der Waals surface area contributed by atoms with E-state index in [-0.39, 0.29) is 6.04 Å². The maximum Gasteiger partial charge on any atom is 0.209 e. The first-order chi connectivity index (χ1) is 13.2. The van der Waals surface area contributed by atoms with E-state index >= 15 is 0 Å². The van der Waals surface area contributed by atoms with Gasteiger partial charge in [0.25, 0.3) is 0 Å². The molecule has 2 aromatic carbocycles. The van der Waals surface area contributed by atoms with Gasteiger partial charge in [-0.05, 0) is 31.7 Å². The summed E-state index contributed by atoms with van der Waals surface area (Å²) in [4.78, 5) is 10.6. The van der Waals surface area contributed by atoms with Crippen LogP contribution in [0.15, 0.2) is 77.9 Å². The summed E-state index contributed by atoms with van der Waals surface area (Å²) in [5.41, 5.74) is 3.25. The molecule has 0 bridgehead atoms. The van der Waals surface area contributed by atoms with E-state index < -0.39 is 0 Å². The van der Waals surface area contributed by atoms with Crippen LogP contribution in [0.2, 0.25) is 0 Å². The molecule has 0 saturated heterocycles. The lowest BCUT2D eigenvalue weighted by Gasteiger charge is -2.23. The van der Waals surface area contributed by atoms with Gasteiger partial charge in [0.1, 0.15) is 12.7 Å². The Morgan fingerprint density at radius 2 is 1.85 bits per heavy atom. The van der Waals surface area contributed by atoms with Crippen molar-refractivity contribution >= 4 is 0 Å². The number of hydrogen-bond acceptors (Lipinski definition) is 5. The third-order valence-corrected chi connectivity index (χ3v) is 4.72. The minimum Gasteiger partial charge on any atom is -0.439 e. The summed E-state index contributed by atoms with van der Waals surface area (Å²) in [7, 11) is 2.07. The zero-order valence-electron chi connectivity index (χ0n) is 15.4. The molecule has 0 spiro atoms. The van der Waals surface area contributed by atoms with E-state index in [1.54, 1.807) is 17.2 Å². The lowest BCUT2D eigenvalue weighted by Crippen LogP contribution is -2.22. The van der Waals surface area contributed by atoms with Crippen molar-refractivity contribution < 1.29 is 4.42 Å². The lowest BCUT2D eigenvalue weighted by atomic mass is 10.1. The smallest absolute Gasteiger partial charge is 0.209 e. The van der Waals surface area contributed by atoms with Crippen LogP contribution in [0.4, 0.5) is 0 Å². The highest BCUT2D eigenvalue weighted by molar-refractivity contribution is 5.55. The Morgan fingerprint density at radius 3 is 2.56 bits per heavy atom. The van der Waals surface area contributed by atoms with Gasteiger partial charge in [0.15, 0.2) is 5.76 Å². The molecule has 6 heteroatoms. The first-order valence-electron chi connectivity index (χ1n) is 8.86. The van der Waals surface area contributed by atoms with Crippen molar-refractivity contribution in [1.82, 2.24) is 24.6 Å². The molecule has 0 aliphatic carbocycles. The van der Waals surface area contributed by atoms with Gasteiger partial charge in [0, 0.05) is 11.6 Å². The van der Waals surface area contributed by atoms with E-state index in [1.165, 1.54) is 11.9 Å². The fourth-order valence-corrected chi connectivity index (χ4v) is 2.97. The summed E-state index contributed by atoms with van der Waals surface area (Å²) in [6, 6.07) is 18.6. The van der Waals surface area contributed by atoms with Crippen molar-refractivity contribution in [1.29, 1.82) is 0 Å². The molecule has 0 amide bonds. The molecule has 1 unspecified atom stereocenters. The van der Waals surface area contributed by atoms with Crippen molar-refractivity contribution in [3.63, 3.8) is 0 Å². The first-order valence-corrected chi connectivity index (χ1v) is 8.86. The fraction of sp³-hybridized carbons (Fsp3) is 0.190. The predicted molar refractivity (Wildman–Crippen MR) is 103 cm³/mol. The average Bonchev–Trinajstić information content (AvgIpc) is 3.40. The third kappa shape index (κ3) is 3.80. The molecule has 0 radical (unpaired) electrons. The molecular weight excluding hydrogens is 338 g/mol. The Labute approximate surface area is 158 Å². The van der Waals surface area contributed by atoms with Crippen LogP contribution in [-0.2, 0) is 6.54 Å². The van der Waals surface area contributed by atoms with Crippen LogP contribution in [0, 0.1) is 0 Å². The molecule has 136 valence electrons. The molecule has 4 aromatic rings. The summed E-state index contributed by atoms with van der Waals surface area (Å²) >= 11 is 0. The van der Waals surface area contributed by atoms with Gasteiger partial charge >= 0.3 is 0 Å². The van der Waals surface area contributed by atoms with E-state index in [1.807, 2.05) is 42.5 Å². The van der Waals surface area contributed by atoms with Crippen LogP contribution >= 0.6 is 0 Å². The Balaban J connectivity index is 1.43. The number of nitrogens with zero attached hydrogens (tertiary/aromatic N) is 5. The van der Waals surface area contributed by atoms with Crippen LogP contribution in [0.25, 0.3) is 17.0 Å². The molecule has 27 heavy (non-hydrogen) atoms. The van der Waals surface area contributed by atoms with E-state index in [0.29, 0.717) is 12.4 Å². The molecule has 0 N–H and O–H groups in total. The largest absolute Gasteiger partial charge is 0.439 e. The normalized spacial score (nSPS) is 12.4. The van der Waals surface area contributed by atoms with Gasteiger partial charge in [-0.1, -0.05) is 42.5 Å². The molecule has 1 atom stereocenters. The second-order valence-electron chi connectivity index (χ2n) is 6.51. The Kier molecular flexibility index (Phi) is 4.80. The molecule has 0 fully saturated rings. The molecule has 2 heterocycles. The molecule has 0 aliphatic heterocycles. The number of hydrogen-bond donors (Lipinski definition) is 0. The molecule has 0 aliphatic rings. The first kappa shape index (κ1) is 17.2. The summed E-state index contributed by atoms with van der Waals surface area (Å²) in [6.07, 6.45) is 5.01. The Bertz CT molecular complexity index is 977. The van der Waals surface area contributed by atoms with E-state index in [0.717, 1.165) is 17.0 Å². The summed E-state index contributed by atoms with van der Waals surface area (Å²) in [6.45, 7) is 2.81. The van der Waals surface area contributed by atoms with Gasteiger partial charge < -0.3 is 4.42 Å². The lowest BCUT2D eigenvalue weighted by molar-refractivity contribution is 0.229. The van der Waals surface area contributed by atoms with E-state index in [2.05, 4.69) is 46.1 Å². The summed E-state index contributed by atoms with van der Waals surface area (Å²) in [5, 5.41) is 4.15. The number of benzene rings is 2. The van der Waals surface area contributed by atoms with Gasteiger partial charge in [0.2, 0.25) is 5.89 Å². The second-order valence-corrected chi connectivity index (χ2v) is 6.51. The minimum atomic E-state index is 0.224. The highest BCUT2D eigenvalue weighted by atomic mass is 16.4. The maximum atomic E-state index is 5.92. The van der Waals surface area contributed by atoms with Crippen molar-refractivity contribution in [3.05, 3.63) is 84.9 Å². The van der Waals surface area contributed by atoms with Gasteiger partial charge in [-0.25, -0.2) is 14.6 Å². The Hall–Kier alpha value is -3.25. The molecular formula is C21H21N5O. The van der Waals surface area contributed by atoms with Gasteiger partial charge in [0.05, 0.1) is 18.4 Å². The highest BCUT2D eigenvalue weighted by Crippen LogP contribution is 2.24. The predicted octanol–water partition coefficient (Wildman–Crippen LogP) is 4.12. The molecule has 0 saturated carbocycles. The van der Waals surface area contributed by atoms with Crippen LogP contribution in [0.1, 0.15) is 24.4 Å². The standard InChI is InChI=1S/C21H21N5O/c1-16(17-8-10-19(11-9-17)26-15-22-14-24-26)25(2)13-21-23-12-20(27-21)18-6-4-3-5-7-18/h3-12,14-16H,13H2,1-2H3. The second kappa shape index (κ2) is 7.55. The fourth-order valence-electron chi connectivity index (χ4n) is 2.97. The summed E-state index contributed by atoms with van der Waals surface area (Å²) < 4.78 is 7.67. The monoisotopic (exact) mass is 359 g/mol. The SMILES string of the molecule is CC(c1ccc(-n2cncn2)cc1)N(C)Cc1ncc(-c2ccccc2)o1. The van der Waals surface area contributed by atoms with Gasteiger partial charge in [-0.15, -0.1) is 0 Å². The van der Waals surface area contributed by atoms with E-state index in [9.17, 15) is 0 Å². The molecule has 6 nitrogen and oxygen atoms in total. The third-order valence-electron chi connectivity index (χ3n) is 4.72. The number of oxazole rings is 1. The quantitative estimate of drug-likeness (QED) is 0.518.